The number of para-hydroxylation sites is 2. The van der Waals surface area contributed by atoms with Crippen LogP contribution in [0.4, 0.5) is 0 Å². The molecule has 1 saturated heterocycles. The molecule has 0 saturated carbocycles. The number of rotatable bonds is 7. The second kappa shape index (κ2) is 9.01. The maximum Gasteiger partial charge on any atom is 0.330 e. The second-order valence-corrected chi connectivity index (χ2v) is 11.7. The Morgan fingerprint density at radius 2 is 1.68 bits per heavy atom. The Kier molecular flexibility index (Phi) is 5.45. The molecule has 3 N–H and O–H groups in total. The molecule has 1 unspecified atom stereocenters. The molecule has 11 nitrogen and oxygen atoms in total. The highest BCUT2D eigenvalue weighted by Gasteiger charge is 2.65. The van der Waals surface area contributed by atoms with E-state index < -0.39 is 41.2 Å². The van der Waals surface area contributed by atoms with Gasteiger partial charge in [0.2, 0.25) is 0 Å². The van der Waals surface area contributed by atoms with Crippen LogP contribution < -0.4 is 10.6 Å². The van der Waals surface area contributed by atoms with Crippen LogP contribution >= 0.6 is 0 Å². The Balaban J connectivity index is 1.35. The Morgan fingerprint density at radius 1 is 1.05 bits per heavy atom. The Hall–Kier alpha value is -5.00. The van der Waals surface area contributed by atoms with Crippen LogP contribution in [0.3, 0.4) is 0 Å². The molecule has 8 rings (SSSR count). The number of amides is 3. The third kappa shape index (κ3) is 3.17. The lowest BCUT2D eigenvalue weighted by molar-refractivity contribution is -0.187. The van der Waals surface area contributed by atoms with E-state index in [-0.39, 0.29) is 25.1 Å². The number of ether oxygens (including phenoxy) is 2. The maximum atomic E-state index is 14.0. The van der Waals surface area contributed by atoms with Crippen molar-refractivity contribution in [3.05, 3.63) is 72.3 Å². The third-order valence-electron chi connectivity index (χ3n) is 9.40. The van der Waals surface area contributed by atoms with Crippen molar-refractivity contribution in [2.45, 2.75) is 43.7 Å². The molecule has 3 aliphatic heterocycles. The van der Waals surface area contributed by atoms with E-state index in [0.717, 1.165) is 17.0 Å². The highest BCUT2D eigenvalue weighted by Crippen LogP contribution is 2.57. The number of esters is 1. The van der Waals surface area contributed by atoms with Gasteiger partial charge in [0.15, 0.2) is 11.3 Å². The van der Waals surface area contributed by atoms with E-state index >= 15 is 0 Å². The van der Waals surface area contributed by atoms with Crippen molar-refractivity contribution in [2.75, 3.05) is 13.2 Å². The topological polar surface area (TPSA) is 141 Å². The van der Waals surface area contributed by atoms with Crippen LogP contribution in [0.25, 0.3) is 43.6 Å². The van der Waals surface area contributed by atoms with Gasteiger partial charge in [-0.3, -0.25) is 19.7 Å². The number of hydrogen-bond donors (Lipinski definition) is 3. The zero-order chi connectivity index (χ0) is 30.5. The summed E-state index contributed by atoms with van der Waals surface area (Å²) >= 11 is 0. The average Bonchev–Trinajstić information content (AvgIpc) is 3.69. The first-order valence-corrected chi connectivity index (χ1v) is 14.6. The van der Waals surface area contributed by atoms with E-state index in [2.05, 4.69) is 17.2 Å². The second-order valence-electron chi connectivity index (χ2n) is 11.7. The fraction of sp³-hybridized carbons (Fsp3) is 0.273. The lowest BCUT2D eigenvalue weighted by Crippen LogP contribution is -2.59. The molecule has 11 heteroatoms. The maximum absolute atomic E-state index is 14.0. The predicted octanol–water partition coefficient (Wildman–Crippen LogP) is 3.75. The van der Waals surface area contributed by atoms with Crippen LogP contribution in [0.15, 0.2) is 61.2 Å². The monoisotopic (exact) mass is 592 g/mol. The standard InChI is InChI=1S/C33H28N4O7/c1-3-22(38)43-15-9-8-14-34-31(41)33(42)16-21-36-19-12-6-4-10-17(19)23-25-26(30(40)35-29(25)39)24-18-11-5-7-13-20(18)37(28(24)27(23)36)32(33,2)44-21/h3-7,10-13,21,42H,1,8-9,14-16H2,2H3,(H,34,41)(H,35,39,40)/t21?,32-,33-/m0/s1. The number of fused-ring (bicyclic) bond motifs is 13. The third-order valence-corrected chi connectivity index (χ3v) is 9.40. The summed E-state index contributed by atoms with van der Waals surface area (Å²) in [7, 11) is 0. The molecule has 0 aliphatic carbocycles. The van der Waals surface area contributed by atoms with Gasteiger partial charge < -0.3 is 29.0 Å². The molecular weight excluding hydrogens is 564 g/mol. The molecule has 44 heavy (non-hydrogen) atoms. The molecule has 2 aromatic heterocycles. The molecule has 3 aliphatic rings. The zero-order valence-electron chi connectivity index (χ0n) is 23.8. The number of carbonyl (C=O) groups excluding carboxylic acids is 4. The normalized spacial score (nSPS) is 23.5. The molecule has 0 radical (unpaired) electrons. The van der Waals surface area contributed by atoms with E-state index in [9.17, 15) is 24.3 Å². The number of nitrogens with zero attached hydrogens (tertiary/aromatic N) is 2. The quantitative estimate of drug-likeness (QED) is 0.113. The largest absolute Gasteiger partial charge is 0.463 e. The van der Waals surface area contributed by atoms with Crippen molar-refractivity contribution in [3.63, 3.8) is 0 Å². The summed E-state index contributed by atoms with van der Waals surface area (Å²) in [5, 5.41) is 20.5. The summed E-state index contributed by atoms with van der Waals surface area (Å²) in [6, 6.07) is 15.0. The SMILES string of the molecule is C=CC(=O)OCCCCNC(=O)[C@@]1(O)CC2O[C@]1(C)n1c3ccccc3c3c4c(c5c6ccccc6n2c5c31)C(=O)NC4=O. The number of aliphatic hydroxyl groups is 1. The van der Waals surface area contributed by atoms with Gasteiger partial charge in [0.1, 0.15) is 6.23 Å². The van der Waals surface area contributed by atoms with E-state index in [1.807, 2.05) is 57.7 Å². The van der Waals surface area contributed by atoms with E-state index in [0.29, 0.717) is 51.1 Å². The van der Waals surface area contributed by atoms with Crippen LogP contribution in [-0.4, -0.2) is 56.7 Å². The molecule has 222 valence electrons. The molecule has 3 aromatic carbocycles. The lowest BCUT2D eigenvalue weighted by atomic mass is 9.87. The zero-order valence-corrected chi connectivity index (χ0v) is 23.8. The first kappa shape index (κ1) is 26.6. The van der Waals surface area contributed by atoms with Crippen LogP contribution in [0.2, 0.25) is 0 Å². The molecular formula is C33H28N4O7. The number of aromatic nitrogens is 2. The van der Waals surface area contributed by atoms with Crippen LogP contribution in [0, 0.1) is 0 Å². The molecule has 2 bridgehead atoms. The smallest absolute Gasteiger partial charge is 0.330 e. The van der Waals surface area contributed by atoms with E-state index in [4.69, 9.17) is 9.47 Å². The first-order chi connectivity index (χ1) is 21.2. The number of hydrogen-bond acceptors (Lipinski definition) is 7. The summed E-state index contributed by atoms with van der Waals surface area (Å²) < 4.78 is 15.6. The van der Waals surface area contributed by atoms with Crippen molar-refractivity contribution >= 4 is 67.3 Å². The number of unbranched alkanes of at least 4 members (excludes halogenated alkanes) is 1. The van der Waals surface area contributed by atoms with Crippen LogP contribution in [0.5, 0.6) is 0 Å². The fourth-order valence-corrected chi connectivity index (χ4v) is 7.48. The summed E-state index contributed by atoms with van der Waals surface area (Å²) in [4.78, 5) is 52.1. The van der Waals surface area contributed by atoms with E-state index in [1.165, 1.54) is 0 Å². The van der Waals surface area contributed by atoms with Crippen molar-refractivity contribution < 1.29 is 33.8 Å². The Morgan fingerprint density at radius 3 is 2.39 bits per heavy atom. The van der Waals surface area contributed by atoms with Crippen molar-refractivity contribution in [3.8, 4) is 0 Å². The molecule has 5 aromatic rings. The van der Waals surface area contributed by atoms with Crippen LogP contribution in [-0.2, 0) is 24.8 Å². The van der Waals surface area contributed by atoms with Gasteiger partial charge in [-0.25, -0.2) is 4.79 Å². The highest BCUT2D eigenvalue weighted by atomic mass is 16.6. The van der Waals surface area contributed by atoms with Gasteiger partial charge in [0.25, 0.3) is 17.7 Å². The number of nitrogens with one attached hydrogen (secondary N) is 2. The minimum absolute atomic E-state index is 0.0598. The fourth-order valence-electron chi connectivity index (χ4n) is 7.48. The van der Waals surface area contributed by atoms with Crippen molar-refractivity contribution in [1.29, 1.82) is 0 Å². The number of imide groups is 1. The number of carbonyl (C=O) groups is 4. The van der Waals surface area contributed by atoms with Gasteiger partial charge in [-0.1, -0.05) is 43.0 Å². The minimum atomic E-state index is -2.02. The van der Waals surface area contributed by atoms with E-state index in [1.54, 1.807) is 6.92 Å². The Labute approximate surface area is 250 Å². The summed E-state index contributed by atoms with van der Waals surface area (Å²) in [5.41, 5.74) is -0.272. The Bertz CT molecular complexity index is 2160. The number of benzene rings is 3. The summed E-state index contributed by atoms with van der Waals surface area (Å²) in [5.74, 6) is -2.05. The molecule has 3 amide bonds. The minimum Gasteiger partial charge on any atom is -0.463 e. The van der Waals surface area contributed by atoms with Gasteiger partial charge in [0.05, 0.1) is 39.8 Å². The molecule has 3 atom stereocenters. The van der Waals surface area contributed by atoms with Crippen molar-refractivity contribution in [2.24, 2.45) is 0 Å². The van der Waals surface area contributed by atoms with Crippen LogP contribution in [0.1, 0.15) is 53.1 Å². The average molecular weight is 593 g/mol. The molecule has 1 fully saturated rings. The summed E-state index contributed by atoms with van der Waals surface area (Å²) in [6.45, 7) is 5.51. The highest BCUT2D eigenvalue weighted by molar-refractivity contribution is 6.39. The van der Waals surface area contributed by atoms with Gasteiger partial charge >= 0.3 is 5.97 Å². The van der Waals surface area contributed by atoms with Gasteiger partial charge in [-0.05, 0) is 31.9 Å². The van der Waals surface area contributed by atoms with Gasteiger partial charge in [0, 0.05) is 40.6 Å². The first-order valence-electron chi connectivity index (χ1n) is 14.6. The van der Waals surface area contributed by atoms with Crippen molar-refractivity contribution in [1.82, 2.24) is 19.8 Å². The molecule has 0 spiro atoms. The lowest BCUT2D eigenvalue weighted by Gasteiger charge is -2.38. The predicted molar refractivity (Wildman–Crippen MR) is 161 cm³/mol. The van der Waals surface area contributed by atoms with Gasteiger partial charge in [-0.2, -0.15) is 0 Å². The van der Waals surface area contributed by atoms with Gasteiger partial charge in [-0.15, -0.1) is 0 Å². The molecule has 5 heterocycles. The summed E-state index contributed by atoms with van der Waals surface area (Å²) in [6.07, 6.45) is 1.31.